The normalized spacial score (nSPS) is 23.6. The molecule has 1 saturated heterocycles. The minimum Gasteiger partial charge on any atom is -0.335 e. The Hall–Kier alpha value is -1.35. The molecule has 0 aromatic heterocycles. The SMILES string of the molecule is CC(c1ccccc1)N(CC1CCC1)C(=O)C1CCCNC1. The Bertz CT molecular complexity index is 477. The van der Waals surface area contributed by atoms with E-state index in [2.05, 4.69) is 41.4 Å². The highest BCUT2D eigenvalue weighted by Gasteiger charge is 2.32. The molecule has 2 aliphatic rings. The van der Waals surface area contributed by atoms with Crippen molar-refractivity contribution in [2.75, 3.05) is 19.6 Å². The Morgan fingerprint density at radius 2 is 2.00 bits per heavy atom. The number of hydrogen-bond acceptors (Lipinski definition) is 2. The van der Waals surface area contributed by atoms with Crippen LogP contribution in [0, 0.1) is 11.8 Å². The van der Waals surface area contributed by atoms with Crippen LogP contribution in [0.15, 0.2) is 30.3 Å². The molecule has 3 heteroatoms. The molecule has 3 rings (SSSR count). The molecule has 0 spiro atoms. The lowest BCUT2D eigenvalue weighted by atomic mass is 9.84. The second-order valence-corrected chi connectivity index (χ2v) is 6.92. The van der Waals surface area contributed by atoms with Crippen molar-refractivity contribution < 1.29 is 4.79 Å². The van der Waals surface area contributed by atoms with E-state index in [1.54, 1.807) is 0 Å². The number of benzene rings is 1. The Labute approximate surface area is 134 Å². The summed E-state index contributed by atoms with van der Waals surface area (Å²) in [5, 5.41) is 3.38. The topological polar surface area (TPSA) is 32.3 Å². The molecule has 1 N–H and O–H groups in total. The van der Waals surface area contributed by atoms with E-state index in [4.69, 9.17) is 0 Å². The summed E-state index contributed by atoms with van der Waals surface area (Å²) < 4.78 is 0. The average molecular weight is 300 g/mol. The Kier molecular flexibility index (Phi) is 5.14. The molecule has 2 unspecified atom stereocenters. The first-order valence-electron chi connectivity index (χ1n) is 8.82. The summed E-state index contributed by atoms with van der Waals surface area (Å²) in [6.07, 6.45) is 6.06. The van der Waals surface area contributed by atoms with Crippen LogP contribution in [0.25, 0.3) is 0 Å². The van der Waals surface area contributed by atoms with E-state index in [1.807, 2.05) is 6.07 Å². The maximum absolute atomic E-state index is 13.1. The summed E-state index contributed by atoms with van der Waals surface area (Å²) in [5.74, 6) is 1.24. The molecule has 1 aliphatic heterocycles. The predicted molar refractivity (Wildman–Crippen MR) is 89.5 cm³/mol. The molecular weight excluding hydrogens is 272 g/mol. The van der Waals surface area contributed by atoms with Gasteiger partial charge in [0.2, 0.25) is 5.91 Å². The van der Waals surface area contributed by atoms with Crippen LogP contribution in [0.3, 0.4) is 0 Å². The fourth-order valence-corrected chi connectivity index (χ4v) is 3.60. The highest BCUT2D eigenvalue weighted by molar-refractivity contribution is 5.79. The van der Waals surface area contributed by atoms with E-state index < -0.39 is 0 Å². The van der Waals surface area contributed by atoms with Gasteiger partial charge in [-0.15, -0.1) is 0 Å². The van der Waals surface area contributed by atoms with Crippen LogP contribution in [0.2, 0.25) is 0 Å². The van der Waals surface area contributed by atoms with Crippen LogP contribution in [-0.2, 0) is 4.79 Å². The lowest BCUT2D eigenvalue weighted by Gasteiger charge is -2.39. The van der Waals surface area contributed by atoms with E-state index in [1.165, 1.54) is 24.8 Å². The zero-order chi connectivity index (χ0) is 15.4. The highest BCUT2D eigenvalue weighted by Crippen LogP contribution is 2.32. The lowest BCUT2D eigenvalue weighted by molar-refractivity contribution is -0.139. The number of hydrogen-bond donors (Lipinski definition) is 1. The summed E-state index contributed by atoms with van der Waals surface area (Å²) in [5.41, 5.74) is 1.25. The van der Waals surface area contributed by atoms with Gasteiger partial charge in [0.15, 0.2) is 0 Å². The standard InChI is InChI=1S/C19H28N2O/c1-15(17-9-3-2-4-10-17)21(14-16-7-5-8-16)19(22)18-11-6-12-20-13-18/h2-4,9-10,15-16,18,20H,5-8,11-14H2,1H3. The van der Waals surface area contributed by atoms with Crippen molar-refractivity contribution >= 4 is 5.91 Å². The molecule has 1 aromatic carbocycles. The number of nitrogens with one attached hydrogen (secondary N) is 1. The van der Waals surface area contributed by atoms with Crippen molar-refractivity contribution in [2.45, 2.75) is 45.1 Å². The van der Waals surface area contributed by atoms with Gasteiger partial charge < -0.3 is 10.2 Å². The maximum atomic E-state index is 13.1. The first-order chi connectivity index (χ1) is 10.8. The maximum Gasteiger partial charge on any atom is 0.227 e. The molecule has 2 atom stereocenters. The fourth-order valence-electron chi connectivity index (χ4n) is 3.60. The molecule has 120 valence electrons. The van der Waals surface area contributed by atoms with E-state index in [9.17, 15) is 4.79 Å². The van der Waals surface area contributed by atoms with Gasteiger partial charge in [-0.1, -0.05) is 36.8 Å². The van der Waals surface area contributed by atoms with Crippen LogP contribution in [0.4, 0.5) is 0 Å². The van der Waals surface area contributed by atoms with Gasteiger partial charge in [-0.25, -0.2) is 0 Å². The third-order valence-corrected chi connectivity index (χ3v) is 5.36. The van der Waals surface area contributed by atoms with Crippen molar-refractivity contribution in [1.82, 2.24) is 10.2 Å². The zero-order valence-corrected chi connectivity index (χ0v) is 13.6. The number of piperidine rings is 1. The van der Waals surface area contributed by atoms with Gasteiger partial charge in [0.1, 0.15) is 0 Å². The van der Waals surface area contributed by atoms with E-state index in [0.29, 0.717) is 11.8 Å². The largest absolute Gasteiger partial charge is 0.335 e. The van der Waals surface area contributed by atoms with Crippen LogP contribution in [0.5, 0.6) is 0 Å². The van der Waals surface area contributed by atoms with Gasteiger partial charge in [-0.2, -0.15) is 0 Å². The Balaban J connectivity index is 1.74. The molecule has 1 amide bonds. The minimum absolute atomic E-state index is 0.167. The molecule has 1 saturated carbocycles. The number of carbonyl (C=O) groups excluding carboxylic acids is 1. The molecule has 22 heavy (non-hydrogen) atoms. The second-order valence-electron chi connectivity index (χ2n) is 6.92. The summed E-state index contributed by atoms with van der Waals surface area (Å²) in [4.78, 5) is 15.2. The van der Waals surface area contributed by atoms with Crippen molar-refractivity contribution in [3.63, 3.8) is 0 Å². The van der Waals surface area contributed by atoms with E-state index in [-0.39, 0.29) is 12.0 Å². The summed E-state index contributed by atoms with van der Waals surface area (Å²) in [6.45, 7) is 5.02. The fraction of sp³-hybridized carbons (Fsp3) is 0.632. The minimum atomic E-state index is 0.167. The zero-order valence-electron chi connectivity index (χ0n) is 13.6. The van der Waals surface area contributed by atoms with Crippen molar-refractivity contribution in [2.24, 2.45) is 11.8 Å². The first-order valence-corrected chi connectivity index (χ1v) is 8.82. The average Bonchev–Trinajstić information content (AvgIpc) is 2.54. The third-order valence-electron chi connectivity index (χ3n) is 5.36. The van der Waals surface area contributed by atoms with Crippen LogP contribution in [0.1, 0.15) is 50.6 Å². The quantitative estimate of drug-likeness (QED) is 0.904. The number of carbonyl (C=O) groups is 1. The molecule has 2 fully saturated rings. The summed E-state index contributed by atoms with van der Waals surface area (Å²) in [6, 6.07) is 10.6. The molecule has 3 nitrogen and oxygen atoms in total. The van der Waals surface area contributed by atoms with E-state index >= 15 is 0 Å². The van der Waals surface area contributed by atoms with Crippen molar-refractivity contribution in [1.29, 1.82) is 0 Å². The number of nitrogens with zero attached hydrogens (tertiary/aromatic N) is 1. The lowest BCUT2D eigenvalue weighted by Crippen LogP contribution is -2.46. The van der Waals surface area contributed by atoms with Gasteiger partial charge in [-0.3, -0.25) is 4.79 Å². The highest BCUT2D eigenvalue weighted by atomic mass is 16.2. The van der Waals surface area contributed by atoms with Gasteiger partial charge in [0.05, 0.1) is 12.0 Å². The molecule has 0 radical (unpaired) electrons. The summed E-state index contributed by atoms with van der Waals surface area (Å²) >= 11 is 0. The molecule has 1 heterocycles. The van der Waals surface area contributed by atoms with Crippen LogP contribution >= 0.6 is 0 Å². The Morgan fingerprint density at radius 3 is 2.59 bits per heavy atom. The van der Waals surface area contributed by atoms with Crippen LogP contribution in [-0.4, -0.2) is 30.4 Å². The van der Waals surface area contributed by atoms with Gasteiger partial charge in [0, 0.05) is 13.1 Å². The molecule has 0 bridgehead atoms. The smallest absolute Gasteiger partial charge is 0.227 e. The van der Waals surface area contributed by atoms with E-state index in [0.717, 1.165) is 32.5 Å². The molecule has 1 aromatic rings. The Morgan fingerprint density at radius 1 is 1.23 bits per heavy atom. The molecule has 1 aliphatic carbocycles. The molecular formula is C19H28N2O. The number of amides is 1. The predicted octanol–water partition coefficient (Wildman–Crippen LogP) is 3.38. The van der Waals surface area contributed by atoms with Gasteiger partial charge >= 0.3 is 0 Å². The summed E-state index contributed by atoms with van der Waals surface area (Å²) in [7, 11) is 0. The number of rotatable bonds is 5. The second kappa shape index (κ2) is 7.28. The monoisotopic (exact) mass is 300 g/mol. The first kappa shape index (κ1) is 15.5. The van der Waals surface area contributed by atoms with Gasteiger partial charge in [-0.05, 0) is 50.6 Å². The van der Waals surface area contributed by atoms with Crippen molar-refractivity contribution in [3.8, 4) is 0 Å². The van der Waals surface area contributed by atoms with Crippen molar-refractivity contribution in [3.05, 3.63) is 35.9 Å². The van der Waals surface area contributed by atoms with Gasteiger partial charge in [0.25, 0.3) is 0 Å². The third kappa shape index (κ3) is 3.52. The van der Waals surface area contributed by atoms with Crippen LogP contribution < -0.4 is 5.32 Å².